The van der Waals surface area contributed by atoms with Crippen molar-refractivity contribution in [3.63, 3.8) is 0 Å². The van der Waals surface area contributed by atoms with Gasteiger partial charge in [-0.1, -0.05) is 44.4 Å². The number of rotatable bonds is 7. The van der Waals surface area contributed by atoms with E-state index in [2.05, 4.69) is 6.92 Å². The molecule has 3 aromatic carbocycles. The maximum Gasteiger partial charge on any atom is 0.422 e. The second kappa shape index (κ2) is 11.6. The van der Waals surface area contributed by atoms with E-state index in [-0.39, 0.29) is 22.4 Å². The van der Waals surface area contributed by atoms with Crippen molar-refractivity contribution >= 4 is 0 Å². The van der Waals surface area contributed by atoms with Crippen LogP contribution in [0.2, 0.25) is 0 Å². The molecular weight excluding hydrogens is 528 g/mol. The highest BCUT2D eigenvalue weighted by Crippen LogP contribution is 2.47. The monoisotopic (exact) mass is 556 g/mol. The fourth-order valence-corrected chi connectivity index (χ4v) is 5.37. The van der Waals surface area contributed by atoms with Crippen molar-refractivity contribution in [3.05, 3.63) is 82.2 Å². The van der Waals surface area contributed by atoms with Crippen molar-refractivity contribution in [3.8, 4) is 22.6 Å². The van der Waals surface area contributed by atoms with Crippen LogP contribution < -0.4 is 4.74 Å². The van der Waals surface area contributed by atoms with Crippen LogP contribution in [-0.4, -0.2) is 0 Å². The summed E-state index contributed by atoms with van der Waals surface area (Å²) in [5.74, 6) is -8.11. The lowest BCUT2D eigenvalue weighted by atomic mass is 9.76. The predicted molar refractivity (Wildman–Crippen MR) is 132 cm³/mol. The Balaban J connectivity index is 1.76. The number of ether oxygens (including phenoxy) is 1. The minimum absolute atomic E-state index is 0.0555. The highest BCUT2D eigenvalue weighted by atomic mass is 19.4. The molecular formula is C30H28F8O. The fraction of sp³-hybridized carbons (Fsp3) is 0.400. The summed E-state index contributed by atoms with van der Waals surface area (Å²) in [6.45, 7) is 3.16. The average Bonchev–Trinajstić information content (AvgIpc) is 2.89. The van der Waals surface area contributed by atoms with Gasteiger partial charge in [-0.25, -0.2) is 22.0 Å². The van der Waals surface area contributed by atoms with Gasteiger partial charge in [-0.05, 0) is 68.2 Å². The largest absolute Gasteiger partial charge is 0.453 e. The van der Waals surface area contributed by atoms with Crippen molar-refractivity contribution in [2.75, 3.05) is 0 Å². The zero-order chi connectivity index (χ0) is 28.5. The minimum atomic E-state index is -5.25. The smallest absolute Gasteiger partial charge is 0.422 e. The van der Waals surface area contributed by atoms with Gasteiger partial charge >= 0.3 is 6.18 Å². The van der Waals surface area contributed by atoms with Gasteiger partial charge in [0.1, 0.15) is 22.9 Å². The van der Waals surface area contributed by atoms with Crippen molar-refractivity contribution in [2.24, 2.45) is 5.92 Å². The van der Waals surface area contributed by atoms with Crippen molar-refractivity contribution in [2.45, 2.75) is 70.9 Å². The summed E-state index contributed by atoms with van der Waals surface area (Å²) in [5.41, 5.74) is -3.23. The molecule has 1 nitrogen and oxygen atoms in total. The van der Waals surface area contributed by atoms with Crippen LogP contribution in [0, 0.1) is 41.9 Å². The van der Waals surface area contributed by atoms with E-state index in [0.717, 1.165) is 39.0 Å². The summed E-state index contributed by atoms with van der Waals surface area (Å²) in [7, 11) is 0. The Morgan fingerprint density at radius 1 is 0.846 bits per heavy atom. The molecule has 0 amide bonds. The van der Waals surface area contributed by atoms with E-state index in [9.17, 15) is 26.3 Å². The molecule has 0 spiro atoms. The molecule has 0 aromatic heterocycles. The molecule has 0 saturated heterocycles. The van der Waals surface area contributed by atoms with Gasteiger partial charge in [0, 0.05) is 16.7 Å². The molecule has 210 valence electrons. The van der Waals surface area contributed by atoms with Crippen LogP contribution in [0.1, 0.15) is 74.5 Å². The molecule has 0 heterocycles. The van der Waals surface area contributed by atoms with Gasteiger partial charge in [0.25, 0.3) is 0 Å². The van der Waals surface area contributed by atoms with Gasteiger partial charge in [-0.3, -0.25) is 0 Å². The highest BCUT2D eigenvalue weighted by Gasteiger charge is 2.38. The average molecular weight is 557 g/mol. The summed E-state index contributed by atoms with van der Waals surface area (Å²) >= 11 is 0. The molecule has 0 unspecified atom stereocenters. The molecule has 0 bridgehead atoms. The Labute approximate surface area is 221 Å². The van der Waals surface area contributed by atoms with E-state index >= 15 is 8.78 Å². The van der Waals surface area contributed by atoms with Crippen LogP contribution in [0.25, 0.3) is 11.1 Å². The topological polar surface area (TPSA) is 9.23 Å². The first-order valence-corrected chi connectivity index (χ1v) is 12.9. The summed E-state index contributed by atoms with van der Waals surface area (Å²) in [6, 6.07) is 6.53. The highest BCUT2D eigenvalue weighted by molar-refractivity contribution is 5.71. The molecule has 39 heavy (non-hydrogen) atoms. The number of hydrogen-bond donors (Lipinski definition) is 0. The van der Waals surface area contributed by atoms with Crippen molar-refractivity contribution in [1.29, 1.82) is 0 Å². The first-order chi connectivity index (χ1) is 18.4. The molecule has 3 aromatic rings. The molecule has 1 saturated carbocycles. The van der Waals surface area contributed by atoms with E-state index in [1.54, 1.807) is 0 Å². The number of unbranched alkanes of at least 4 members (excludes halogenated alkanes) is 1. The Morgan fingerprint density at radius 2 is 1.46 bits per heavy atom. The third-order valence-corrected chi connectivity index (χ3v) is 7.49. The summed E-state index contributed by atoms with van der Waals surface area (Å²) in [4.78, 5) is 0. The molecule has 9 heteroatoms. The summed E-state index contributed by atoms with van der Waals surface area (Å²) in [6.07, 6.45) is 0.420. The van der Waals surface area contributed by atoms with E-state index in [4.69, 9.17) is 4.74 Å². The maximum atomic E-state index is 15.5. The number of halogens is 8. The first kappa shape index (κ1) is 28.9. The minimum Gasteiger partial charge on any atom is -0.453 e. The number of hydrogen-bond acceptors (Lipinski definition) is 1. The SMILES string of the molecule is CCCCC1CCC(c2c(F)c(F)c(C)c(F)c2Oc2ccccc2-c2cc(F)c(C(F)(F)F)c(F)c2)CC1. The molecule has 1 aliphatic rings. The van der Waals surface area contributed by atoms with Crippen molar-refractivity contribution in [1.82, 2.24) is 0 Å². The first-order valence-electron chi connectivity index (χ1n) is 12.9. The Hall–Kier alpha value is -3.10. The van der Waals surface area contributed by atoms with Crippen LogP contribution >= 0.6 is 0 Å². The van der Waals surface area contributed by atoms with E-state index in [0.29, 0.717) is 30.9 Å². The van der Waals surface area contributed by atoms with Crippen LogP contribution in [0.15, 0.2) is 36.4 Å². The molecule has 0 radical (unpaired) electrons. The number of para-hydroxylation sites is 1. The van der Waals surface area contributed by atoms with Crippen LogP contribution in [-0.2, 0) is 6.18 Å². The normalized spacial score (nSPS) is 17.9. The van der Waals surface area contributed by atoms with Gasteiger partial charge in [0.05, 0.1) is 0 Å². The number of benzene rings is 3. The van der Waals surface area contributed by atoms with Crippen molar-refractivity contribution < 1.29 is 39.9 Å². The zero-order valence-corrected chi connectivity index (χ0v) is 21.5. The zero-order valence-electron chi connectivity index (χ0n) is 21.5. The summed E-state index contributed by atoms with van der Waals surface area (Å²) in [5, 5.41) is 0. The lowest BCUT2D eigenvalue weighted by Gasteiger charge is -2.30. The molecule has 0 aliphatic heterocycles. The second-order valence-corrected chi connectivity index (χ2v) is 10.1. The lowest BCUT2D eigenvalue weighted by molar-refractivity contribution is -0.142. The van der Waals surface area contributed by atoms with Gasteiger partial charge in [-0.2, -0.15) is 13.2 Å². The van der Waals surface area contributed by atoms with Crippen LogP contribution in [0.5, 0.6) is 11.5 Å². The van der Waals surface area contributed by atoms with Gasteiger partial charge in [0.2, 0.25) is 0 Å². The van der Waals surface area contributed by atoms with Crippen LogP contribution in [0.4, 0.5) is 35.1 Å². The third kappa shape index (κ3) is 5.92. The van der Waals surface area contributed by atoms with Crippen LogP contribution in [0.3, 0.4) is 0 Å². The molecule has 1 aliphatic carbocycles. The molecule has 1 fully saturated rings. The quantitative estimate of drug-likeness (QED) is 0.208. The van der Waals surface area contributed by atoms with Gasteiger partial charge < -0.3 is 4.74 Å². The third-order valence-electron chi connectivity index (χ3n) is 7.49. The standard InChI is InChI=1S/C30H28F8O/c1-3-4-7-17-10-12-18(13-11-17)24-28(35)26(33)16(2)27(34)29(24)39-23-9-6-5-8-20(23)19-14-21(31)25(22(32)15-19)30(36,37)38/h5-6,8-9,14-15,17-18H,3-4,7,10-13H2,1-2H3. The Morgan fingerprint density at radius 3 is 2.05 bits per heavy atom. The molecule has 4 rings (SSSR count). The van der Waals surface area contributed by atoms with E-state index in [1.807, 2.05) is 0 Å². The lowest BCUT2D eigenvalue weighted by Crippen LogP contribution is -2.17. The Bertz CT molecular complexity index is 1320. The Kier molecular flexibility index (Phi) is 8.57. The van der Waals surface area contributed by atoms with Gasteiger partial charge in [-0.15, -0.1) is 0 Å². The molecule has 0 N–H and O–H groups in total. The maximum absolute atomic E-state index is 15.5. The van der Waals surface area contributed by atoms with Gasteiger partial charge in [0.15, 0.2) is 23.2 Å². The fourth-order valence-electron chi connectivity index (χ4n) is 5.37. The second-order valence-electron chi connectivity index (χ2n) is 10.1. The predicted octanol–water partition coefficient (Wildman–Crippen LogP) is 10.6. The van der Waals surface area contributed by atoms with E-state index < -0.39 is 58.1 Å². The number of alkyl halides is 3. The molecule has 0 atom stereocenters. The summed E-state index contributed by atoms with van der Waals surface area (Å²) < 4.78 is 119. The van der Waals surface area contributed by atoms with E-state index in [1.165, 1.54) is 24.3 Å².